The van der Waals surface area contributed by atoms with Crippen molar-refractivity contribution in [2.75, 3.05) is 13.2 Å². The van der Waals surface area contributed by atoms with E-state index in [-0.39, 0.29) is 11.9 Å². The van der Waals surface area contributed by atoms with Gasteiger partial charge in [0.1, 0.15) is 12.4 Å². The van der Waals surface area contributed by atoms with Crippen molar-refractivity contribution in [3.8, 4) is 5.88 Å². The lowest BCUT2D eigenvalue weighted by atomic mass is 10.1. The molecule has 1 saturated heterocycles. The summed E-state index contributed by atoms with van der Waals surface area (Å²) in [4.78, 5) is 4.47. The van der Waals surface area contributed by atoms with E-state index < -0.39 is 0 Å². The van der Waals surface area contributed by atoms with Gasteiger partial charge < -0.3 is 15.2 Å². The van der Waals surface area contributed by atoms with Gasteiger partial charge in [-0.05, 0) is 25.3 Å². The van der Waals surface area contributed by atoms with Gasteiger partial charge in [0.2, 0.25) is 5.88 Å². The average Bonchev–Trinajstić information content (AvgIpc) is 2.53. The highest BCUT2D eigenvalue weighted by Crippen LogP contribution is 2.22. The fourth-order valence-corrected chi connectivity index (χ4v) is 2.57. The minimum Gasteiger partial charge on any atom is -0.475 e. The van der Waals surface area contributed by atoms with Gasteiger partial charge in [-0.2, -0.15) is 0 Å². The second kappa shape index (κ2) is 6.10. The van der Waals surface area contributed by atoms with Crippen LogP contribution in [-0.2, 0) is 4.74 Å². The smallest absolute Gasteiger partial charge is 0.214 e. The number of amidine groups is 1. The Labute approximate surface area is 123 Å². The largest absolute Gasteiger partial charge is 0.475 e. The second-order valence-electron chi connectivity index (χ2n) is 5.24. The summed E-state index contributed by atoms with van der Waals surface area (Å²) in [6.45, 7) is 1.29. The van der Waals surface area contributed by atoms with E-state index >= 15 is 0 Å². The van der Waals surface area contributed by atoms with Crippen LogP contribution in [0.15, 0.2) is 30.3 Å². The maximum absolute atomic E-state index is 7.71. The van der Waals surface area contributed by atoms with E-state index in [2.05, 4.69) is 4.98 Å². The molecule has 110 valence electrons. The molecular formula is C16H19N3O2. The van der Waals surface area contributed by atoms with Gasteiger partial charge in [0.25, 0.3) is 0 Å². The van der Waals surface area contributed by atoms with E-state index in [9.17, 15) is 0 Å². The number of nitrogens with zero attached hydrogens (tertiary/aromatic N) is 1. The van der Waals surface area contributed by atoms with Gasteiger partial charge in [-0.15, -0.1) is 0 Å². The summed E-state index contributed by atoms with van der Waals surface area (Å²) in [6.07, 6.45) is 3.46. The number of ether oxygens (including phenoxy) is 2. The van der Waals surface area contributed by atoms with Crippen molar-refractivity contribution in [2.45, 2.75) is 25.4 Å². The van der Waals surface area contributed by atoms with Crippen molar-refractivity contribution < 1.29 is 9.47 Å². The Morgan fingerprint density at radius 1 is 1.38 bits per heavy atom. The summed E-state index contributed by atoms with van der Waals surface area (Å²) >= 11 is 0. The van der Waals surface area contributed by atoms with Crippen LogP contribution in [0.5, 0.6) is 5.88 Å². The zero-order chi connectivity index (χ0) is 14.7. The lowest BCUT2D eigenvalue weighted by Gasteiger charge is -2.22. The molecular weight excluding hydrogens is 266 g/mol. The van der Waals surface area contributed by atoms with Crippen molar-refractivity contribution in [1.29, 1.82) is 5.41 Å². The van der Waals surface area contributed by atoms with E-state index in [1.54, 1.807) is 6.07 Å². The summed E-state index contributed by atoms with van der Waals surface area (Å²) in [7, 11) is 0. The molecule has 1 fully saturated rings. The van der Waals surface area contributed by atoms with Crippen LogP contribution in [0.1, 0.15) is 24.8 Å². The standard InChI is InChI=1S/C16H19N3O2/c17-16(18)13-9-15(19-14-7-2-1-6-12(13)14)21-10-11-5-3-4-8-20-11/h1-2,6-7,9,11H,3-5,8,10H2,(H3,17,18). The fraction of sp³-hybridized carbons (Fsp3) is 0.375. The maximum Gasteiger partial charge on any atom is 0.214 e. The first-order valence-corrected chi connectivity index (χ1v) is 7.22. The predicted octanol–water partition coefficient (Wildman–Crippen LogP) is 2.47. The maximum atomic E-state index is 7.71. The van der Waals surface area contributed by atoms with Crippen molar-refractivity contribution in [1.82, 2.24) is 4.98 Å². The minimum absolute atomic E-state index is 0.0207. The molecule has 5 heteroatoms. The molecule has 2 heterocycles. The van der Waals surface area contributed by atoms with Crippen LogP contribution >= 0.6 is 0 Å². The molecule has 5 nitrogen and oxygen atoms in total. The molecule has 0 aliphatic carbocycles. The fourth-order valence-electron chi connectivity index (χ4n) is 2.57. The van der Waals surface area contributed by atoms with Crippen LogP contribution in [0.3, 0.4) is 0 Å². The van der Waals surface area contributed by atoms with Crippen LogP contribution in [0.25, 0.3) is 10.9 Å². The molecule has 0 radical (unpaired) electrons. The Morgan fingerprint density at radius 2 is 2.24 bits per heavy atom. The number of nitrogen functional groups attached to an aromatic ring is 1. The Morgan fingerprint density at radius 3 is 3.00 bits per heavy atom. The van der Waals surface area contributed by atoms with Crippen LogP contribution in [0.4, 0.5) is 0 Å². The molecule has 0 saturated carbocycles. The molecule has 2 aromatic rings. The Balaban J connectivity index is 1.83. The first-order valence-electron chi connectivity index (χ1n) is 7.22. The molecule has 3 N–H and O–H groups in total. The van der Waals surface area contributed by atoms with E-state index in [0.29, 0.717) is 18.1 Å². The lowest BCUT2D eigenvalue weighted by molar-refractivity contribution is -0.0118. The van der Waals surface area contributed by atoms with Gasteiger partial charge in [0.05, 0.1) is 11.6 Å². The number of nitrogens with one attached hydrogen (secondary N) is 1. The number of nitrogens with two attached hydrogens (primary N) is 1. The van der Waals surface area contributed by atoms with Crippen molar-refractivity contribution in [3.63, 3.8) is 0 Å². The molecule has 1 atom stereocenters. The van der Waals surface area contributed by atoms with Gasteiger partial charge in [0, 0.05) is 23.6 Å². The zero-order valence-electron chi connectivity index (χ0n) is 11.8. The summed E-state index contributed by atoms with van der Waals surface area (Å²) in [6, 6.07) is 9.35. The van der Waals surface area contributed by atoms with Gasteiger partial charge >= 0.3 is 0 Å². The molecule has 1 aliphatic heterocycles. The van der Waals surface area contributed by atoms with Crippen molar-refractivity contribution in [3.05, 3.63) is 35.9 Å². The SMILES string of the molecule is N=C(N)c1cc(OCC2CCCCO2)nc2ccccc12. The number of aromatic nitrogens is 1. The van der Waals surface area contributed by atoms with Crippen LogP contribution in [0.2, 0.25) is 0 Å². The van der Waals surface area contributed by atoms with Gasteiger partial charge in [-0.25, -0.2) is 4.98 Å². The molecule has 1 aromatic heterocycles. The minimum atomic E-state index is 0.0207. The first kappa shape index (κ1) is 13.8. The molecule has 21 heavy (non-hydrogen) atoms. The highest BCUT2D eigenvalue weighted by atomic mass is 16.5. The number of pyridine rings is 1. The summed E-state index contributed by atoms with van der Waals surface area (Å²) in [5.74, 6) is 0.514. The monoisotopic (exact) mass is 285 g/mol. The molecule has 1 aliphatic rings. The van der Waals surface area contributed by atoms with Crippen LogP contribution in [-0.4, -0.2) is 30.1 Å². The third-order valence-corrected chi connectivity index (χ3v) is 3.67. The molecule has 3 rings (SSSR count). The Bertz CT molecular complexity index is 651. The van der Waals surface area contributed by atoms with Crippen molar-refractivity contribution in [2.24, 2.45) is 5.73 Å². The van der Waals surface area contributed by atoms with E-state index in [1.807, 2.05) is 24.3 Å². The summed E-state index contributed by atoms with van der Waals surface area (Å²) in [5.41, 5.74) is 7.10. The number of hydrogen-bond acceptors (Lipinski definition) is 4. The highest BCUT2D eigenvalue weighted by Gasteiger charge is 2.15. The zero-order valence-corrected chi connectivity index (χ0v) is 11.8. The van der Waals surface area contributed by atoms with E-state index in [1.165, 1.54) is 6.42 Å². The molecule has 1 aromatic carbocycles. The topological polar surface area (TPSA) is 81.2 Å². The Kier molecular flexibility index (Phi) is 4.01. The number of fused-ring (bicyclic) bond motifs is 1. The van der Waals surface area contributed by atoms with Crippen molar-refractivity contribution >= 4 is 16.7 Å². The third-order valence-electron chi connectivity index (χ3n) is 3.67. The van der Waals surface area contributed by atoms with Crippen LogP contribution in [0, 0.1) is 5.41 Å². The van der Waals surface area contributed by atoms with Gasteiger partial charge in [-0.1, -0.05) is 18.2 Å². The predicted molar refractivity (Wildman–Crippen MR) is 81.8 cm³/mol. The third kappa shape index (κ3) is 3.13. The molecule has 0 bridgehead atoms. The van der Waals surface area contributed by atoms with Crippen LogP contribution < -0.4 is 10.5 Å². The lowest BCUT2D eigenvalue weighted by Crippen LogP contribution is -2.26. The number of hydrogen-bond donors (Lipinski definition) is 2. The molecule has 0 amide bonds. The molecule has 1 unspecified atom stereocenters. The first-order chi connectivity index (χ1) is 10.2. The second-order valence-corrected chi connectivity index (χ2v) is 5.24. The average molecular weight is 285 g/mol. The molecule has 0 spiro atoms. The highest BCUT2D eigenvalue weighted by molar-refractivity contribution is 6.06. The number of benzene rings is 1. The van der Waals surface area contributed by atoms with Gasteiger partial charge in [0.15, 0.2) is 0 Å². The summed E-state index contributed by atoms with van der Waals surface area (Å²) < 4.78 is 11.4. The van der Waals surface area contributed by atoms with Gasteiger partial charge in [-0.3, -0.25) is 5.41 Å². The van der Waals surface area contributed by atoms with E-state index in [4.69, 9.17) is 20.6 Å². The quantitative estimate of drug-likeness (QED) is 0.668. The number of rotatable bonds is 4. The number of para-hydroxylation sites is 1. The Hall–Kier alpha value is -2.14. The normalized spacial score (nSPS) is 18.6. The summed E-state index contributed by atoms with van der Waals surface area (Å²) in [5, 5.41) is 8.58. The van der Waals surface area contributed by atoms with E-state index in [0.717, 1.165) is 30.4 Å².